The molecule has 0 fully saturated rings. The molecule has 4 rings (SSSR count). The highest BCUT2D eigenvalue weighted by Crippen LogP contribution is 2.38. The summed E-state index contributed by atoms with van der Waals surface area (Å²) in [5, 5.41) is 15.5. The van der Waals surface area contributed by atoms with Gasteiger partial charge < -0.3 is 9.88 Å². The first kappa shape index (κ1) is 21.4. The Labute approximate surface area is 190 Å². The molecule has 0 unspecified atom stereocenters. The van der Waals surface area contributed by atoms with Crippen LogP contribution in [0.25, 0.3) is 11.4 Å². The Bertz CT molecular complexity index is 1030. The number of nitrogens with zero attached hydrogens (tertiary/aromatic N) is 3. The molecule has 1 aliphatic carbocycles. The lowest BCUT2D eigenvalue weighted by molar-refractivity contribution is -0.118. The molecular formula is C22H25ClN4OS2. The molecule has 0 spiro atoms. The van der Waals surface area contributed by atoms with E-state index in [4.69, 9.17) is 11.6 Å². The monoisotopic (exact) mass is 460 g/mol. The number of thiophene rings is 1. The van der Waals surface area contributed by atoms with E-state index in [0.717, 1.165) is 41.8 Å². The first-order valence-electron chi connectivity index (χ1n) is 10.2. The van der Waals surface area contributed by atoms with Gasteiger partial charge in [-0.2, -0.15) is 0 Å². The van der Waals surface area contributed by atoms with Crippen molar-refractivity contribution < 1.29 is 4.79 Å². The van der Waals surface area contributed by atoms with Crippen LogP contribution in [-0.4, -0.2) is 26.4 Å². The van der Waals surface area contributed by atoms with E-state index in [1.807, 2.05) is 35.6 Å². The fourth-order valence-corrected chi connectivity index (χ4v) is 5.93. The number of hydrogen-bond acceptors (Lipinski definition) is 5. The minimum absolute atomic E-state index is 0.0240. The number of benzene rings is 1. The maximum Gasteiger partial charge on any atom is 0.230 e. The number of halogens is 1. The van der Waals surface area contributed by atoms with Crippen LogP contribution in [0.1, 0.15) is 36.3 Å². The van der Waals surface area contributed by atoms with Gasteiger partial charge in [-0.15, -0.1) is 21.5 Å². The molecule has 1 amide bonds. The number of hydrogen-bond donors (Lipinski definition) is 1. The van der Waals surface area contributed by atoms with E-state index in [1.54, 1.807) is 0 Å². The minimum Gasteiger partial charge on any atom is -0.351 e. The number of thioether (sulfide) groups is 1. The molecule has 0 aliphatic heterocycles. The zero-order valence-corrected chi connectivity index (χ0v) is 19.5. The molecule has 0 bridgehead atoms. The predicted octanol–water partition coefficient (Wildman–Crippen LogP) is 5.21. The number of amides is 1. The summed E-state index contributed by atoms with van der Waals surface area (Å²) < 4.78 is 2.12. The molecular weight excluding hydrogens is 436 g/mol. The zero-order valence-electron chi connectivity index (χ0n) is 17.2. The summed E-state index contributed by atoms with van der Waals surface area (Å²) in [7, 11) is 0. The Hall–Kier alpha value is -1.83. The van der Waals surface area contributed by atoms with Crippen LogP contribution in [-0.2, 0) is 30.7 Å². The summed E-state index contributed by atoms with van der Waals surface area (Å²) in [4.78, 5) is 13.8. The normalized spacial score (nSPS) is 15.8. The van der Waals surface area contributed by atoms with Crippen molar-refractivity contribution in [3.05, 3.63) is 50.7 Å². The van der Waals surface area contributed by atoms with E-state index in [2.05, 4.69) is 39.3 Å². The first-order chi connectivity index (χ1) is 14.5. The molecule has 5 nitrogen and oxygen atoms in total. The second-order valence-electron chi connectivity index (χ2n) is 7.64. The number of rotatable bonds is 7. The van der Waals surface area contributed by atoms with Crippen LogP contribution >= 0.6 is 34.7 Å². The number of carbonyl (C=O) groups is 1. The molecule has 30 heavy (non-hydrogen) atoms. The molecule has 1 aromatic carbocycles. The van der Waals surface area contributed by atoms with E-state index in [0.29, 0.717) is 17.3 Å². The van der Waals surface area contributed by atoms with Crippen molar-refractivity contribution in [2.75, 3.05) is 5.75 Å². The number of nitrogens with one attached hydrogen (secondary N) is 1. The number of fused-ring (bicyclic) bond motifs is 1. The van der Waals surface area contributed by atoms with E-state index in [1.165, 1.54) is 34.2 Å². The van der Waals surface area contributed by atoms with Crippen LogP contribution in [0.3, 0.4) is 0 Å². The number of carbonyl (C=O) groups excluding carboxylic acids is 1. The molecule has 2 aromatic heterocycles. The molecule has 1 atom stereocenters. The first-order valence-corrected chi connectivity index (χ1v) is 12.5. The van der Waals surface area contributed by atoms with Crippen LogP contribution in [0.15, 0.2) is 34.8 Å². The van der Waals surface area contributed by atoms with Gasteiger partial charge in [0.25, 0.3) is 0 Å². The van der Waals surface area contributed by atoms with Gasteiger partial charge in [-0.05, 0) is 55.4 Å². The predicted molar refractivity (Wildman–Crippen MR) is 124 cm³/mol. The maximum absolute atomic E-state index is 12.3. The van der Waals surface area contributed by atoms with Crippen molar-refractivity contribution >= 4 is 40.6 Å². The van der Waals surface area contributed by atoms with Crippen LogP contribution in [0, 0.1) is 5.92 Å². The van der Waals surface area contributed by atoms with Crippen molar-refractivity contribution in [2.24, 2.45) is 5.92 Å². The Morgan fingerprint density at radius 2 is 2.13 bits per heavy atom. The highest BCUT2D eigenvalue weighted by Gasteiger charge is 2.24. The minimum atomic E-state index is -0.0240. The summed E-state index contributed by atoms with van der Waals surface area (Å²) in [5.41, 5.74) is 3.68. The summed E-state index contributed by atoms with van der Waals surface area (Å²) in [6.07, 6.45) is 3.50. The summed E-state index contributed by atoms with van der Waals surface area (Å²) in [5.74, 6) is 1.97. The largest absolute Gasteiger partial charge is 0.351 e. The Balaban J connectivity index is 1.40. The molecule has 8 heteroatoms. The van der Waals surface area contributed by atoms with E-state index < -0.39 is 0 Å². The van der Waals surface area contributed by atoms with Gasteiger partial charge in [0, 0.05) is 33.9 Å². The van der Waals surface area contributed by atoms with Gasteiger partial charge in [0.15, 0.2) is 11.0 Å². The van der Waals surface area contributed by atoms with Crippen LogP contribution < -0.4 is 5.32 Å². The molecule has 0 radical (unpaired) electrons. The van der Waals surface area contributed by atoms with Gasteiger partial charge in [0.2, 0.25) is 5.91 Å². The van der Waals surface area contributed by atoms with Crippen LogP contribution in [0.4, 0.5) is 0 Å². The van der Waals surface area contributed by atoms with Gasteiger partial charge in [-0.1, -0.05) is 42.4 Å². The standard InChI is InChI=1S/C22H25ClN4OS2/c1-3-27-21(18-12-29-19-10-14(2)4-9-17(18)19)25-26-22(27)30-13-20(28)24-11-15-5-7-16(23)8-6-15/h5-8,12,14H,3-4,9-11,13H2,1-2H3,(H,24,28)/t14-/m1/s1. The van der Waals surface area contributed by atoms with E-state index in [-0.39, 0.29) is 5.91 Å². The molecule has 1 aliphatic rings. The third-order valence-electron chi connectivity index (χ3n) is 5.41. The van der Waals surface area contributed by atoms with Crippen molar-refractivity contribution in [1.82, 2.24) is 20.1 Å². The quantitative estimate of drug-likeness (QED) is 0.491. The average molecular weight is 461 g/mol. The molecule has 2 heterocycles. The summed E-state index contributed by atoms with van der Waals surface area (Å²) in [6, 6.07) is 7.48. The topological polar surface area (TPSA) is 59.8 Å². The van der Waals surface area contributed by atoms with Gasteiger partial charge in [-0.3, -0.25) is 4.79 Å². The van der Waals surface area contributed by atoms with Crippen molar-refractivity contribution in [3.8, 4) is 11.4 Å². The lowest BCUT2D eigenvalue weighted by Gasteiger charge is -2.19. The molecule has 0 saturated carbocycles. The van der Waals surface area contributed by atoms with Crippen molar-refractivity contribution in [1.29, 1.82) is 0 Å². The Morgan fingerprint density at radius 1 is 1.33 bits per heavy atom. The van der Waals surface area contributed by atoms with Gasteiger partial charge in [-0.25, -0.2) is 0 Å². The lowest BCUT2D eigenvalue weighted by atomic mass is 9.88. The van der Waals surface area contributed by atoms with Gasteiger partial charge in [0.05, 0.1) is 5.75 Å². The molecule has 1 N–H and O–H groups in total. The second kappa shape index (κ2) is 9.54. The summed E-state index contributed by atoms with van der Waals surface area (Å²) >= 11 is 9.17. The lowest BCUT2D eigenvalue weighted by Crippen LogP contribution is -2.24. The van der Waals surface area contributed by atoms with Crippen LogP contribution in [0.5, 0.6) is 0 Å². The molecule has 158 valence electrons. The van der Waals surface area contributed by atoms with E-state index in [9.17, 15) is 4.79 Å². The maximum atomic E-state index is 12.3. The second-order valence-corrected chi connectivity index (χ2v) is 9.98. The highest BCUT2D eigenvalue weighted by molar-refractivity contribution is 7.99. The molecule has 0 saturated heterocycles. The SMILES string of the molecule is CCn1c(SCC(=O)NCc2ccc(Cl)cc2)nnc1-c1csc2c1CC[C@@H](C)C2. The van der Waals surface area contributed by atoms with Crippen molar-refractivity contribution in [3.63, 3.8) is 0 Å². The fourth-order valence-electron chi connectivity index (χ4n) is 3.73. The van der Waals surface area contributed by atoms with Crippen molar-refractivity contribution in [2.45, 2.75) is 51.4 Å². The average Bonchev–Trinajstić information content (AvgIpc) is 3.34. The fraction of sp³-hybridized carbons (Fsp3) is 0.409. The van der Waals surface area contributed by atoms with E-state index >= 15 is 0 Å². The smallest absolute Gasteiger partial charge is 0.230 e. The third kappa shape index (κ3) is 4.74. The van der Waals surface area contributed by atoms with Gasteiger partial charge >= 0.3 is 0 Å². The third-order valence-corrected chi connectivity index (χ3v) is 7.68. The van der Waals surface area contributed by atoms with Crippen LogP contribution in [0.2, 0.25) is 5.02 Å². The Kier molecular flexibility index (Phi) is 6.80. The number of aromatic nitrogens is 3. The molecule has 3 aromatic rings. The zero-order chi connectivity index (χ0) is 21.1. The van der Waals surface area contributed by atoms with Gasteiger partial charge in [0.1, 0.15) is 0 Å². The highest BCUT2D eigenvalue weighted by atomic mass is 35.5. The Morgan fingerprint density at radius 3 is 2.90 bits per heavy atom. The summed E-state index contributed by atoms with van der Waals surface area (Å²) in [6.45, 7) is 5.68.